The Morgan fingerprint density at radius 1 is 1.58 bits per heavy atom. The van der Waals surface area contributed by atoms with Crippen molar-refractivity contribution in [2.75, 3.05) is 20.2 Å². The van der Waals surface area contributed by atoms with Crippen LogP contribution < -0.4 is 10.5 Å². The van der Waals surface area contributed by atoms with Crippen LogP contribution in [0.15, 0.2) is 17.3 Å². The van der Waals surface area contributed by atoms with Gasteiger partial charge >= 0.3 is 0 Å². The van der Waals surface area contributed by atoms with Crippen LogP contribution in [0.2, 0.25) is 5.02 Å². The Morgan fingerprint density at radius 3 is 3.11 bits per heavy atom. The summed E-state index contributed by atoms with van der Waals surface area (Å²) in [4.78, 5) is 2.09. The summed E-state index contributed by atoms with van der Waals surface area (Å²) in [6.07, 6.45) is 1.44. The second-order valence-corrected chi connectivity index (χ2v) is 5.17. The summed E-state index contributed by atoms with van der Waals surface area (Å²) < 4.78 is 5.66. The normalized spacial score (nSPS) is 14.6. The van der Waals surface area contributed by atoms with E-state index in [1.54, 1.807) is 0 Å². The minimum atomic E-state index is 0.236. The highest BCUT2D eigenvalue weighted by atomic mass is 35.5. The fourth-order valence-corrected chi connectivity index (χ4v) is 2.45. The molecule has 0 aromatic heterocycles. The first-order valence-electron chi connectivity index (χ1n) is 6.19. The van der Waals surface area contributed by atoms with E-state index in [1.807, 2.05) is 19.2 Å². The molecule has 5 nitrogen and oxygen atoms in total. The summed E-state index contributed by atoms with van der Waals surface area (Å²) >= 11 is 6.12. The number of halogens is 1. The zero-order valence-electron chi connectivity index (χ0n) is 10.9. The number of nitrogens with two attached hydrogens (primary N) is 1. The van der Waals surface area contributed by atoms with Crippen molar-refractivity contribution in [1.82, 2.24) is 4.90 Å². The topological polar surface area (TPSA) is 71.1 Å². The van der Waals surface area contributed by atoms with E-state index in [1.165, 1.54) is 5.56 Å². The van der Waals surface area contributed by atoms with E-state index in [0.717, 1.165) is 35.9 Å². The number of oxime groups is 1. The molecule has 0 atom stereocenters. The maximum Gasteiger partial charge on any atom is 0.140 e. The van der Waals surface area contributed by atoms with Gasteiger partial charge in [-0.2, -0.15) is 0 Å². The van der Waals surface area contributed by atoms with E-state index >= 15 is 0 Å². The third kappa shape index (κ3) is 3.52. The van der Waals surface area contributed by atoms with Crippen LogP contribution in [0.5, 0.6) is 5.75 Å². The molecule has 0 radical (unpaired) electrons. The van der Waals surface area contributed by atoms with Gasteiger partial charge < -0.3 is 20.6 Å². The third-order valence-electron chi connectivity index (χ3n) is 3.14. The Morgan fingerprint density at radius 2 is 2.37 bits per heavy atom. The van der Waals surface area contributed by atoms with E-state index in [9.17, 15) is 0 Å². The standard InChI is InChI=1S/C13H18ClN3O2/c1-17(4-2-12(15)16-18)8-10-7-11(14)6-9-3-5-19-13(9)10/h6-7,18H,2-5,8H2,1H3,(H2,15,16). The van der Waals surface area contributed by atoms with Gasteiger partial charge in [0.15, 0.2) is 0 Å². The van der Waals surface area contributed by atoms with Gasteiger partial charge in [-0.25, -0.2) is 0 Å². The summed E-state index contributed by atoms with van der Waals surface area (Å²) in [5.74, 6) is 1.19. The van der Waals surface area contributed by atoms with E-state index in [-0.39, 0.29) is 5.84 Å². The fourth-order valence-electron chi connectivity index (χ4n) is 2.19. The molecule has 1 heterocycles. The molecule has 0 fully saturated rings. The highest BCUT2D eigenvalue weighted by Gasteiger charge is 2.18. The molecule has 0 aliphatic carbocycles. The molecule has 1 aromatic rings. The van der Waals surface area contributed by atoms with Gasteiger partial charge in [-0.05, 0) is 24.7 Å². The SMILES string of the molecule is CN(CC/C(N)=N/O)Cc1cc(Cl)cc2c1OCC2. The molecule has 1 aliphatic rings. The molecule has 2 rings (SSSR count). The fraction of sp³-hybridized carbons (Fsp3) is 0.462. The van der Waals surface area contributed by atoms with Gasteiger partial charge in [-0.3, -0.25) is 0 Å². The monoisotopic (exact) mass is 283 g/mol. The van der Waals surface area contributed by atoms with Crippen molar-refractivity contribution in [2.24, 2.45) is 10.9 Å². The number of hydrogen-bond acceptors (Lipinski definition) is 4. The lowest BCUT2D eigenvalue weighted by Crippen LogP contribution is -2.24. The Kier molecular flexibility index (Phi) is 4.50. The van der Waals surface area contributed by atoms with Crippen LogP contribution in [0.1, 0.15) is 17.5 Å². The quantitative estimate of drug-likeness (QED) is 0.374. The van der Waals surface area contributed by atoms with Gasteiger partial charge in [0.05, 0.1) is 6.61 Å². The van der Waals surface area contributed by atoms with Gasteiger partial charge in [0.1, 0.15) is 11.6 Å². The van der Waals surface area contributed by atoms with Crippen LogP contribution in [0, 0.1) is 0 Å². The van der Waals surface area contributed by atoms with Crippen LogP contribution in [-0.4, -0.2) is 36.1 Å². The van der Waals surface area contributed by atoms with Gasteiger partial charge in [0.2, 0.25) is 0 Å². The zero-order valence-corrected chi connectivity index (χ0v) is 11.7. The lowest BCUT2D eigenvalue weighted by atomic mass is 10.1. The molecule has 0 saturated carbocycles. The van der Waals surface area contributed by atoms with Gasteiger partial charge in [-0.15, -0.1) is 0 Å². The molecule has 0 amide bonds. The number of rotatable bonds is 5. The van der Waals surface area contributed by atoms with Crippen molar-refractivity contribution < 1.29 is 9.94 Å². The molecule has 104 valence electrons. The molecule has 19 heavy (non-hydrogen) atoms. The summed E-state index contributed by atoms with van der Waals surface area (Å²) in [6.45, 7) is 2.15. The molecule has 3 N–H and O–H groups in total. The molecule has 1 aliphatic heterocycles. The minimum absolute atomic E-state index is 0.236. The number of ether oxygens (including phenoxy) is 1. The van der Waals surface area contributed by atoms with Crippen molar-refractivity contribution in [1.29, 1.82) is 0 Å². The van der Waals surface area contributed by atoms with E-state index in [2.05, 4.69) is 10.1 Å². The van der Waals surface area contributed by atoms with Crippen LogP contribution in [0.4, 0.5) is 0 Å². The van der Waals surface area contributed by atoms with Crippen molar-refractivity contribution in [3.63, 3.8) is 0 Å². The Labute approximate surface area is 117 Å². The van der Waals surface area contributed by atoms with E-state index < -0.39 is 0 Å². The molecule has 0 bridgehead atoms. The van der Waals surface area contributed by atoms with Crippen LogP contribution in [0.3, 0.4) is 0 Å². The van der Waals surface area contributed by atoms with Crippen molar-refractivity contribution >= 4 is 17.4 Å². The minimum Gasteiger partial charge on any atom is -0.493 e. The third-order valence-corrected chi connectivity index (χ3v) is 3.36. The second-order valence-electron chi connectivity index (χ2n) is 4.73. The first-order chi connectivity index (χ1) is 9.10. The van der Waals surface area contributed by atoms with Crippen LogP contribution in [0.25, 0.3) is 0 Å². The number of fused-ring (bicyclic) bond motifs is 1. The lowest BCUT2D eigenvalue weighted by molar-refractivity contribution is 0.305. The summed E-state index contributed by atoms with van der Waals surface area (Å²) in [5.41, 5.74) is 7.72. The first kappa shape index (κ1) is 14.0. The highest BCUT2D eigenvalue weighted by molar-refractivity contribution is 6.30. The lowest BCUT2D eigenvalue weighted by Gasteiger charge is -2.18. The predicted molar refractivity (Wildman–Crippen MR) is 75.0 cm³/mol. The maximum absolute atomic E-state index is 8.51. The Bertz CT molecular complexity index is 491. The zero-order chi connectivity index (χ0) is 13.8. The number of amidine groups is 1. The second kappa shape index (κ2) is 6.12. The molecule has 6 heteroatoms. The van der Waals surface area contributed by atoms with Gasteiger partial charge in [-0.1, -0.05) is 16.8 Å². The van der Waals surface area contributed by atoms with Gasteiger partial charge in [0, 0.05) is 36.5 Å². The average Bonchev–Trinajstić information content (AvgIpc) is 2.84. The molecular formula is C13H18ClN3O2. The largest absolute Gasteiger partial charge is 0.493 e. The molecule has 0 unspecified atom stereocenters. The van der Waals surface area contributed by atoms with Crippen molar-refractivity contribution in [2.45, 2.75) is 19.4 Å². The van der Waals surface area contributed by atoms with Crippen molar-refractivity contribution in [3.05, 3.63) is 28.3 Å². The Hall–Kier alpha value is -1.46. The van der Waals surface area contributed by atoms with E-state index in [0.29, 0.717) is 13.0 Å². The number of nitrogens with zero attached hydrogens (tertiary/aromatic N) is 2. The number of hydrogen-bond donors (Lipinski definition) is 2. The smallest absolute Gasteiger partial charge is 0.140 e. The number of benzene rings is 1. The van der Waals surface area contributed by atoms with Crippen LogP contribution in [-0.2, 0) is 13.0 Å². The van der Waals surface area contributed by atoms with Crippen LogP contribution >= 0.6 is 11.6 Å². The van der Waals surface area contributed by atoms with Gasteiger partial charge in [0.25, 0.3) is 0 Å². The first-order valence-corrected chi connectivity index (χ1v) is 6.57. The summed E-state index contributed by atoms with van der Waals surface area (Å²) in [5, 5.41) is 12.2. The Balaban J connectivity index is 2.03. The molecule has 0 saturated heterocycles. The highest BCUT2D eigenvalue weighted by Crippen LogP contribution is 2.33. The predicted octanol–water partition coefficient (Wildman–Crippen LogP) is 1.84. The summed E-state index contributed by atoms with van der Waals surface area (Å²) in [7, 11) is 1.98. The molecule has 1 aromatic carbocycles. The average molecular weight is 284 g/mol. The maximum atomic E-state index is 8.51. The summed E-state index contributed by atoms with van der Waals surface area (Å²) in [6, 6.07) is 3.90. The molecule has 0 spiro atoms. The molecular weight excluding hydrogens is 266 g/mol. The van der Waals surface area contributed by atoms with E-state index in [4.69, 9.17) is 27.3 Å². The van der Waals surface area contributed by atoms with Crippen molar-refractivity contribution in [3.8, 4) is 5.75 Å².